The molecule has 1 nitrogen and oxygen atoms in total. The van der Waals surface area contributed by atoms with Gasteiger partial charge in [-0.25, -0.2) is 0 Å². The van der Waals surface area contributed by atoms with E-state index in [0.717, 1.165) is 12.5 Å². The Hall–Kier alpha value is -0.820. The van der Waals surface area contributed by atoms with E-state index in [1.807, 2.05) is 0 Å². The molecule has 0 radical (unpaired) electrons. The molecule has 0 spiro atoms. The van der Waals surface area contributed by atoms with E-state index in [1.54, 1.807) is 0 Å². The molecule has 0 unspecified atom stereocenters. The Balaban J connectivity index is 2.16. The average molecular weight is 287 g/mol. The Morgan fingerprint density at radius 3 is 2.14 bits per heavy atom. The molecule has 1 N–H and O–H groups in total. The molecule has 118 valence electrons. The smallest absolute Gasteiger partial charge is 0.00968 e. The van der Waals surface area contributed by atoms with Crippen LogP contribution in [-0.4, -0.2) is 12.1 Å². The third kappa shape index (κ3) is 3.88. The second kappa shape index (κ2) is 6.12. The molecule has 0 heterocycles. The molecule has 0 saturated heterocycles. The lowest BCUT2D eigenvalue weighted by Gasteiger charge is -2.49. The van der Waals surface area contributed by atoms with E-state index in [2.05, 4.69) is 71.1 Å². The summed E-state index contributed by atoms with van der Waals surface area (Å²) in [6.45, 7) is 14.8. The Morgan fingerprint density at radius 1 is 1.14 bits per heavy atom. The lowest BCUT2D eigenvalue weighted by Crippen LogP contribution is -2.52. The number of hydrogen-bond acceptors (Lipinski definition) is 1. The minimum atomic E-state index is 0.197. The van der Waals surface area contributed by atoms with E-state index in [9.17, 15) is 0 Å². The Morgan fingerprint density at radius 2 is 1.71 bits per heavy atom. The van der Waals surface area contributed by atoms with Crippen LogP contribution in [0.1, 0.15) is 77.8 Å². The van der Waals surface area contributed by atoms with Crippen molar-refractivity contribution in [2.75, 3.05) is 6.54 Å². The quantitative estimate of drug-likeness (QED) is 0.779. The summed E-state index contributed by atoms with van der Waals surface area (Å²) < 4.78 is 0. The van der Waals surface area contributed by atoms with Crippen molar-refractivity contribution < 1.29 is 0 Å². The number of hydrogen-bond donors (Lipinski definition) is 1. The third-order valence-electron chi connectivity index (χ3n) is 5.08. The van der Waals surface area contributed by atoms with Crippen LogP contribution < -0.4 is 5.32 Å². The lowest BCUT2D eigenvalue weighted by molar-refractivity contribution is 0.125. The van der Waals surface area contributed by atoms with Crippen molar-refractivity contribution in [2.45, 2.75) is 77.7 Å². The SMILES string of the molecule is CCC1CC(CNC(C)(C)C)(c2ccc(C(C)C)cc2)C1. The maximum absolute atomic E-state index is 3.75. The van der Waals surface area contributed by atoms with Crippen LogP contribution in [0.15, 0.2) is 24.3 Å². The van der Waals surface area contributed by atoms with Gasteiger partial charge in [0.25, 0.3) is 0 Å². The lowest BCUT2D eigenvalue weighted by atomic mass is 9.57. The van der Waals surface area contributed by atoms with Crippen molar-refractivity contribution in [1.82, 2.24) is 5.32 Å². The molecule has 0 atom stereocenters. The van der Waals surface area contributed by atoms with Crippen molar-refractivity contribution in [3.63, 3.8) is 0 Å². The third-order valence-corrected chi connectivity index (χ3v) is 5.08. The Labute approximate surface area is 131 Å². The summed E-state index contributed by atoms with van der Waals surface area (Å²) in [5, 5.41) is 3.75. The molecule has 1 aliphatic rings. The first kappa shape index (κ1) is 16.5. The van der Waals surface area contributed by atoms with Crippen molar-refractivity contribution in [3.05, 3.63) is 35.4 Å². The van der Waals surface area contributed by atoms with E-state index in [1.165, 1.54) is 30.4 Å². The fourth-order valence-electron chi connectivity index (χ4n) is 3.47. The zero-order chi connectivity index (χ0) is 15.7. The van der Waals surface area contributed by atoms with Gasteiger partial charge in [0.2, 0.25) is 0 Å². The first-order chi connectivity index (χ1) is 9.76. The summed E-state index contributed by atoms with van der Waals surface area (Å²) in [6.07, 6.45) is 4.00. The number of benzene rings is 1. The van der Waals surface area contributed by atoms with E-state index in [-0.39, 0.29) is 5.54 Å². The number of rotatable bonds is 5. The topological polar surface area (TPSA) is 12.0 Å². The van der Waals surface area contributed by atoms with Gasteiger partial charge in [-0.2, -0.15) is 0 Å². The molecule has 1 heteroatoms. The highest BCUT2D eigenvalue weighted by Crippen LogP contribution is 2.49. The van der Waals surface area contributed by atoms with E-state index in [0.29, 0.717) is 11.3 Å². The van der Waals surface area contributed by atoms with Crippen molar-refractivity contribution >= 4 is 0 Å². The van der Waals surface area contributed by atoms with Crippen LogP contribution in [0, 0.1) is 5.92 Å². The van der Waals surface area contributed by atoms with Crippen molar-refractivity contribution in [2.24, 2.45) is 5.92 Å². The summed E-state index contributed by atoms with van der Waals surface area (Å²) in [4.78, 5) is 0. The van der Waals surface area contributed by atoms with Gasteiger partial charge in [0.05, 0.1) is 0 Å². The normalized spacial score (nSPS) is 26.0. The molecule has 1 aliphatic carbocycles. The highest BCUT2D eigenvalue weighted by Gasteiger charge is 2.44. The minimum absolute atomic E-state index is 0.197. The summed E-state index contributed by atoms with van der Waals surface area (Å²) in [6, 6.07) is 9.42. The second-order valence-electron chi connectivity index (χ2n) is 8.34. The van der Waals surface area contributed by atoms with Crippen LogP contribution >= 0.6 is 0 Å². The van der Waals surface area contributed by atoms with Crippen LogP contribution in [0.3, 0.4) is 0 Å². The molecule has 1 aromatic carbocycles. The number of nitrogens with one attached hydrogen (secondary N) is 1. The molecule has 1 fully saturated rings. The van der Waals surface area contributed by atoms with E-state index < -0.39 is 0 Å². The molecule has 1 saturated carbocycles. The molecular weight excluding hydrogens is 254 g/mol. The van der Waals surface area contributed by atoms with Gasteiger partial charge < -0.3 is 5.32 Å². The fourth-order valence-corrected chi connectivity index (χ4v) is 3.47. The van der Waals surface area contributed by atoms with Gasteiger partial charge in [-0.05, 0) is 56.6 Å². The monoisotopic (exact) mass is 287 g/mol. The first-order valence-corrected chi connectivity index (χ1v) is 8.61. The highest BCUT2D eigenvalue weighted by molar-refractivity contribution is 5.33. The largest absolute Gasteiger partial charge is 0.311 e. The highest BCUT2D eigenvalue weighted by atomic mass is 15.0. The zero-order valence-electron chi connectivity index (χ0n) is 14.8. The van der Waals surface area contributed by atoms with Crippen LogP contribution in [0.4, 0.5) is 0 Å². The van der Waals surface area contributed by atoms with E-state index >= 15 is 0 Å². The van der Waals surface area contributed by atoms with Crippen LogP contribution in [0.25, 0.3) is 0 Å². The Bertz CT molecular complexity index is 444. The predicted molar refractivity (Wildman–Crippen MR) is 93.0 cm³/mol. The van der Waals surface area contributed by atoms with E-state index in [4.69, 9.17) is 0 Å². The maximum Gasteiger partial charge on any atom is 0.00968 e. The predicted octanol–water partition coefficient (Wildman–Crippen LogP) is 5.26. The molecule has 21 heavy (non-hydrogen) atoms. The molecule has 0 amide bonds. The summed E-state index contributed by atoms with van der Waals surface area (Å²) in [5.41, 5.74) is 3.54. The standard InChI is InChI=1S/C20H33N/c1-7-16-12-20(13-16,14-21-19(4,5)6)18-10-8-17(9-11-18)15(2)3/h8-11,15-16,21H,7,12-14H2,1-6H3. The molecule has 2 rings (SSSR count). The molecular formula is C20H33N. The van der Waals surface area contributed by atoms with Gasteiger partial charge in [0, 0.05) is 17.5 Å². The molecule has 0 aromatic heterocycles. The van der Waals surface area contributed by atoms with Crippen LogP contribution in [0.2, 0.25) is 0 Å². The van der Waals surface area contributed by atoms with Crippen LogP contribution in [-0.2, 0) is 5.41 Å². The Kier molecular flexibility index (Phi) is 4.82. The summed E-state index contributed by atoms with van der Waals surface area (Å²) in [7, 11) is 0. The van der Waals surface area contributed by atoms with Crippen molar-refractivity contribution in [1.29, 1.82) is 0 Å². The van der Waals surface area contributed by atoms with Gasteiger partial charge in [-0.3, -0.25) is 0 Å². The molecule has 1 aromatic rings. The molecule has 0 bridgehead atoms. The molecule has 0 aliphatic heterocycles. The van der Waals surface area contributed by atoms with Gasteiger partial charge in [-0.1, -0.05) is 51.5 Å². The van der Waals surface area contributed by atoms with Gasteiger partial charge in [0.15, 0.2) is 0 Å². The fraction of sp³-hybridized carbons (Fsp3) is 0.700. The van der Waals surface area contributed by atoms with Gasteiger partial charge >= 0.3 is 0 Å². The average Bonchev–Trinajstić information content (AvgIpc) is 2.37. The summed E-state index contributed by atoms with van der Waals surface area (Å²) in [5.74, 6) is 1.53. The van der Waals surface area contributed by atoms with Crippen LogP contribution in [0.5, 0.6) is 0 Å². The zero-order valence-corrected chi connectivity index (χ0v) is 14.8. The van der Waals surface area contributed by atoms with Gasteiger partial charge in [0.1, 0.15) is 0 Å². The minimum Gasteiger partial charge on any atom is -0.311 e. The second-order valence-corrected chi connectivity index (χ2v) is 8.34. The van der Waals surface area contributed by atoms with Gasteiger partial charge in [-0.15, -0.1) is 0 Å². The van der Waals surface area contributed by atoms with Crippen molar-refractivity contribution in [3.8, 4) is 0 Å². The summed E-state index contributed by atoms with van der Waals surface area (Å²) >= 11 is 0. The maximum atomic E-state index is 3.75. The first-order valence-electron chi connectivity index (χ1n) is 8.61.